The van der Waals surface area contributed by atoms with E-state index in [4.69, 9.17) is 13.9 Å². The molecule has 1 aromatic heterocycles. The minimum atomic E-state index is -0.573. The SMILES string of the molecule is COc1ccc2oc(-c3ccccc3)c(C(=O)Oc3ccccc3/C=C/C(=O)c3ccccc3)c2c1. The standard InChI is InChI=1S/C31H22O5/c1-34-24-17-19-28-25(20-24)29(30(35-28)23-13-6-3-7-14-23)31(33)36-27-15-9-8-12-22(27)16-18-26(32)21-10-4-2-5-11-21/h2-20H,1H3/b18-16+. The number of ketones is 1. The van der Waals surface area contributed by atoms with Crippen LogP contribution in [0.2, 0.25) is 0 Å². The minimum Gasteiger partial charge on any atom is -0.497 e. The van der Waals surface area contributed by atoms with Crippen molar-refractivity contribution in [1.82, 2.24) is 0 Å². The third-order valence-electron chi connectivity index (χ3n) is 5.73. The summed E-state index contributed by atoms with van der Waals surface area (Å²) in [6.07, 6.45) is 3.11. The lowest BCUT2D eigenvalue weighted by Crippen LogP contribution is -2.10. The number of allylic oxidation sites excluding steroid dienone is 1. The van der Waals surface area contributed by atoms with Crippen molar-refractivity contribution in [3.05, 3.63) is 126 Å². The zero-order valence-electron chi connectivity index (χ0n) is 19.5. The fourth-order valence-electron chi connectivity index (χ4n) is 3.93. The van der Waals surface area contributed by atoms with E-state index in [0.29, 0.717) is 44.9 Å². The second kappa shape index (κ2) is 10.2. The molecule has 0 bridgehead atoms. The average Bonchev–Trinajstić information content (AvgIpc) is 3.32. The number of rotatable bonds is 7. The summed E-state index contributed by atoms with van der Waals surface area (Å²) in [5.74, 6) is 0.624. The fraction of sp³-hybridized carbons (Fsp3) is 0.0323. The molecule has 5 nitrogen and oxygen atoms in total. The van der Waals surface area contributed by atoms with Crippen molar-refractivity contribution >= 4 is 28.8 Å². The van der Waals surface area contributed by atoms with E-state index in [2.05, 4.69) is 0 Å². The second-order valence-corrected chi connectivity index (χ2v) is 8.03. The monoisotopic (exact) mass is 474 g/mol. The van der Waals surface area contributed by atoms with Gasteiger partial charge < -0.3 is 13.9 Å². The number of carbonyl (C=O) groups excluding carboxylic acids is 2. The maximum Gasteiger partial charge on any atom is 0.348 e. The largest absolute Gasteiger partial charge is 0.497 e. The Kier molecular flexibility index (Phi) is 6.45. The van der Waals surface area contributed by atoms with Crippen LogP contribution in [0.4, 0.5) is 0 Å². The van der Waals surface area contributed by atoms with Crippen LogP contribution in [-0.2, 0) is 0 Å². The molecule has 5 aromatic rings. The Balaban J connectivity index is 1.51. The maximum atomic E-state index is 13.6. The van der Waals surface area contributed by atoms with E-state index in [1.54, 1.807) is 61.7 Å². The lowest BCUT2D eigenvalue weighted by molar-refractivity contribution is 0.0736. The molecule has 0 saturated carbocycles. The molecule has 0 amide bonds. The number of benzene rings is 4. The van der Waals surface area contributed by atoms with Crippen molar-refractivity contribution in [3.63, 3.8) is 0 Å². The summed E-state index contributed by atoms with van der Waals surface area (Å²) < 4.78 is 17.3. The van der Waals surface area contributed by atoms with Crippen LogP contribution < -0.4 is 9.47 Å². The maximum absolute atomic E-state index is 13.6. The number of para-hydroxylation sites is 1. The van der Waals surface area contributed by atoms with Crippen molar-refractivity contribution in [2.24, 2.45) is 0 Å². The summed E-state index contributed by atoms with van der Waals surface area (Å²) >= 11 is 0. The van der Waals surface area contributed by atoms with E-state index >= 15 is 0 Å². The number of furan rings is 1. The molecule has 0 atom stereocenters. The van der Waals surface area contributed by atoms with Crippen LogP contribution in [0.3, 0.4) is 0 Å². The molecular weight excluding hydrogens is 452 g/mol. The third-order valence-corrected chi connectivity index (χ3v) is 5.73. The van der Waals surface area contributed by atoms with Gasteiger partial charge in [-0.1, -0.05) is 78.9 Å². The van der Waals surface area contributed by atoms with Gasteiger partial charge in [-0.3, -0.25) is 4.79 Å². The van der Waals surface area contributed by atoms with E-state index in [9.17, 15) is 9.59 Å². The number of esters is 1. The summed E-state index contributed by atoms with van der Waals surface area (Å²) in [6, 6.07) is 30.7. The van der Waals surface area contributed by atoms with Gasteiger partial charge >= 0.3 is 5.97 Å². The molecular formula is C31H22O5. The first kappa shape index (κ1) is 22.9. The normalized spacial score (nSPS) is 11.0. The highest BCUT2D eigenvalue weighted by atomic mass is 16.5. The molecule has 0 aliphatic heterocycles. The first-order chi connectivity index (χ1) is 17.6. The van der Waals surface area contributed by atoms with Crippen molar-refractivity contribution in [2.75, 3.05) is 7.11 Å². The Morgan fingerprint density at radius 2 is 1.50 bits per heavy atom. The van der Waals surface area contributed by atoms with Crippen LogP contribution in [0.25, 0.3) is 28.4 Å². The lowest BCUT2D eigenvalue weighted by Gasteiger charge is -2.08. The van der Waals surface area contributed by atoms with Gasteiger partial charge in [-0.15, -0.1) is 0 Å². The van der Waals surface area contributed by atoms with Gasteiger partial charge in [0.25, 0.3) is 0 Å². The summed E-state index contributed by atoms with van der Waals surface area (Å²) in [6.45, 7) is 0. The van der Waals surface area contributed by atoms with Crippen LogP contribution in [0.1, 0.15) is 26.3 Å². The first-order valence-corrected chi connectivity index (χ1v) is 11.4. The number of fused-ring (bicyclic) bond motifs is 1. The van der Waals surface area contributed by atoms with E-state index in [1.807, 2.05) is 54.6 Å². The van der Waals surface area contributed by atoms with Crippen LogP contribution in [-0.4, -0.2) is 18.9 Å². The molecule has 0 aliphatic rings. The van der Waals surface area contributed by atoms with E-state index in [1.165, 1.54) is 6.08 Å². The summed E-state index contributed by atoms with van der Waals surface area (Å²) in [7, 11) is 1.57. The molecule has 176 valence electrons. The van der Waals surface area contributed by atoms with Crippen molar-refractivity contribution in [3.8, 4) is 22.8 Å². The van der Waals surface area contributed by atoms with Gasteiger partial charge in [0.15, 0.2) is 5.78 Å². The average molecular weight is 475 g/mol. The molecule has 0 fully saturated rings. The minimum absolute atomic E-state index is 0.143. The highest BCUT2D eigenvalue weighted by Crippen LogP contribution is 2.36. The molecule has 36 heavy (non-hydrogen) atoms. The smallest absolute Gasteiger partial charge is 0.348 e. The molecule has 0 unspecified atom stereocenters. The van der Waals surface area contributed by atoms with Crippen molar-refractivity contribution in [1.29, 1.82) is 0 Å². The summed E-state index contributed by atoms with van der Waals surface area (Å²) in [5.41, 5.74) is 2.77. The number of hydrogen-bond donors (Lipinski definition) is 0. The predicted molar refractivity (Wildman–Crippen MR) is 139 cm³/mol. The van der Waals surface area contributed by atoms with Gasteiger partial charge in [0.05, 0.1) is 7.11 Å². The Hall–Kier alpha value is -4.90. The Morgan fingerprint density at radius 3 is 2.25 bits per heavy atom. The quantitative estimate of drug-likeness (QED) is 0.108. The van der Waals surface area contributed by atoms with E-state index in [0.717, 1.165) is 5.56 Å². The number of hydrogen-bond acceptors (Lipinski definition) is 5. The van der Waals surface area contributed by atoms with E-state index < -0.39 is 5.97 Å². The molecule has 0 N–H and O–H groups in total. The molecule has 0 saturated heterocycles. The molecule has 1 heterocycles. The molecule has 5 heteroatoms. The lowest BCUT2D eigenvalue weighted by atomic mass is 10.1. The van der Waals surface area contributed by atoms with E-state index in [-0.39, 0.29) is 5.78 Å². The predicted octanol–water partition coefficient (Wildman–Crippen LogP) is 7.22. The molecule has 0 radical (unpaired) electrons. The van der Waals surface area contributed by atoms with Gasteiger partial charge in [-0.25, -0.2) is 4.79 Å². The molecule has 0 spiro atoms. The van der Waals surface area contributed by atoms with Crippen molar-refractivity contribution < 1.29 is 23.5 Å². The highest BCUT2D eigenvalue weighted by Gasteiger charge is 2.25. The topological polar surface area (TPSA) is 65.7 Å². The van der Waals surface area contributed by atoms with Gasteiger partial charge in [0.1, 0.15) is 28.4 Å². The Labute approximate surface area is 208 Å². The number of carbonyl (C=O) groups is 2. The van der Waals surface area contributed by atoms with Gasteiger partial charge in [-0.05, 0) is 36.4 Å². The zero-order valence-corrected chi connectivity index (χ0v) is 19.5. The third kappa shape index (κ3) is 4.68. The molecule has 5 rings (SSSR count). The fourth-order valence-corrected chi connectivity index (χ4v) is 3.93. The Bertz CT molecular complexity index is 1560. The second-order valence-electron chi connectivity index (χ2n) is 8.03. The van der Waals surface area contributed by atoms with Crippen LogP contribution in [0.15, 0.2) is 114 Å². The van der Waals surface area contributed by atoms with Crippen LogP contribution in [0.5, 0.6) is 11.5 Å². The van der Waals surface area contributed by atoms with Crippen LogP contribution >= 0.6 is 0 Å². The number of ether oxygens (including phenoxy) is 2. The van der Waals surface area contributed by atoms with Gasteiger partial charge in [-0.2, -0.15) is 0 Å². The summed E-state index contributed by atoms with van der Waals surface area (Å²) in [5, 5.41) is 0.588. The van der Waals surface area contributed by atoms with Gasteiger partial charge in [0.2, 0.25) is 0 Å². The zero-order chi connectivity index (χ0) is 24.9. The van der Waals surface area contributed by atoms with Crippen molar-refractivity contribution in [2.45, 2.75) is 0 Å². The highest BCUT2D eigenvalue weighted by molar-refractivity contribution is 6.10. The van der Waals surface area contributed by atoms with Crippen LogP contribution in [0, 0.1) is 0 Å². The summed E-state index contributed by atoms with van der Waals surface area (Å²) in [4.78, 5) is 26.1. The Morgan fingerprint density at radius 1 is 0.806 bits per heavy atom. The first-order valence-electron chi connectivity index (χ1n) is 11.4. The number of methoxy groups -OCH3 is 1. The van der Waals surface area contributed by atoms with Gasteiger partial charge in [0, 0.05) is 22.1 Å². The molecule has 0 aliphatic carbocycles. The molecule has 4 aromatic carbocycles.